The van der Waals surface area contributed by atoms with Crippen molar-refractivity contribution in [3.8, 4) is 0 Å². The fourth-order valence-corrected chi connectivity index (χ4v) is 2.33. The molecule has 0 aromatic heterocycles. The average Bonchev–Trinajstić information content (AvgIpc) is 2.63. The molecule has 0 rings (SSSR count). The van der Waals surface area contributed by atoms with Crippen LogP contribution in [0.3, 0.4) is 0 Å². The lowest BCUT2D eigenvalue weighted by molar-refractivity contribution is -0.262. The van der Waals surface area contributed by atoms with E-state index in [-0.39, 0.29) is 6.42 Å². The number of carbonyl (C=O) groups is 3. The van der Waals surface area contributed by atoms with Gasteiger partial charge in [-0.3, -0.25) is 4.79 Å². The number of hydrogen-bond donors (Lipinski definition) is 4. The molecule has 146 valence electrons. The van der Waals surface area contributed by atoms with Crippen molar-refractivity contribution in [3.05, 3.63) is 0 Å². The van der Waals surface area contributed by atoms with Crippen molar-refractivity contribution in [2.75, 3.05) is 12.4 Å². The van der Waals surface area contributed by atoms with Gasteiger partial charge in [0.1, 0.15) is 6.10 Å². The predicted molar refractivity (Wildman–Crippen MR) is 93.7 cm³/mol. The molecule has 0 amide bonds. The molecule has 0 aliphatic carbocycles. The molecule has 0 saturated heterocycles. The van der Waals surface area contributed by atoms with Crippen LogP contribution in [0.5, 0.6) is 0 Å². The molecule has 0 radical (unpaired) electrons. The van der Waals surface area contributed by atoms with Crippen molar-refractivity contribution in [2.45, 2.75) is 69.9 Å². The second-order valence-corrected chi connectivity index (χ2v) is 6.21. The molecule has 25 heavy (non-hydrogen) atoms. The summed E-state index contributed by atoms with van der Waals surface area (Å²) in [6.45, 7) is 1.23. The first kappa shape index (κ1) is 23.8. The van der Waals surface area contributed by atoms with Crippen LogP contribution in [0.4, 0.5) is 0 Å². The van der Waals surface area contributed by atoms with Gasteiger partial charge in [-0.25, -0.2) is 19.4 Å². The third kappa shape index (κ3) is 8.66. The average molecular weight is 379 g/mol. The van der Waals surface area contributed by atoms with Crippen LogP contribution in [-0.2, 0) is 24.2 Å². The monoisotopic (exact) mass is 379 g/mol. The van der Waals surface area contributed by atoms with Crippen LogP contribution in [0.1, 0.15) is 58.3 Å². The molecule has 0 heterocycles. The van der Waals surface area contributed by atoms with Gasteiger partial charge in [-0.2, -0.15) is 12.6 Å². The van der Waals surface area contributed by atoms with Gasteiger partial charge in [-0.05, 0) is 6.42 Å². The lowest BCUT2D eigenvalue weighted by Crippen LogP contribution is -2.61. The summed E-state index contributed by atoms with van der Waals surface area (Å²) in [7, 11) is 0. The fourth-order valence-electron chi connectivity index (χ4n) is 2.05. The molecule has 0 aromatic rings. The van der Waals surface area contributed by atoms with Crippen LogP contribution in [0.2, 0.25) is 0 Å². The summed E-state index contributed by atoms with van der Waals surface area (Å²) in [5.74, 6) is -3.76. The number of ketones is 1. The highest BCUT2D eigenvalue weighted by Crippen LogP contribution is 2.13. The molecular formula is C16H29NO7S. The van der Waals surface area contributed by atoms with Crippen molar-refractivity contribution in [2.24, 2.45) is 5.73 Å². The second kappa shape index (κ2) is 13.1. The quantitative estimate of drug-likeness (QED) is 0.121. The number of rotatable bonds is 13. The summed E-state index contributed by atoms with van der Waals surface area (Å²) in [6, 6.07) is 0. The number of Topliss-reactive ketones (excluding diaryl/α,β-unsaturated/α-hetero) is 1. The number of unbranched alkanes of at least 4 members (excludes halogenated alkanes) is 6. The van der Waals surface area contributed by atoms with Gasteiger partial charge in [0.15, 0.2) is 11.3 Å². The maximum Gasteiger partial charge on any atom is 0.383 e. The molecule has 0 fully saturated rings. The molecule has 8 nitrogen and oxygen atoms in total. The normalized spacial score (nSPS) is 14.4. The van der Waals surface area contributed by atoms with E-state index < -0.39 is 41.7 Å². The van der Waals surface area contributed by atoms with E-state index in [4.69, 9.17) is 10.8 Å². The van der Waals surface area contributed by atoms with Crippen molar-refractivity contribution in [3.63, 3.8) is 0 Å². The van der Waals surface area contributed by atoms with Crippen LogP contribution < -0.4 is 5.73 Å². The van der Waals surface area contributed by atoms with Gasteiger partial charge in [0.2, 0.25) is 0 Å². The Labute approximate surface area is 153 Å². The van der Waals surface area contributed by atoms with Crippen LogP contribution >= 0.6 is 12.6 Å². The van der Waals surface area contributed by atoms with Crippen molar-refractivity contribution >= 4 is 30.4 Å². The third-order valence-corrected chi connectivity index (χ3v) is 4.22. The van der Waals surface area contributed by atoms with E-state index in [2.05, 4.69) is 29.3 Å². The predicted octanol–water partition coefficient (Wildman–Crippen LogP) is 0.678. The van der Waals surface area contributed by atoms with Gasteiger partial charge >= 0.3 is 11.9 Å². The molecular weight excluding hydrogens is 350 g/mol. The Morgan fingerprint density at radius 3 is 2.16 bits per heavy atom. The molecule has 0 saturated carbocycles. The Morgan fingerprint density at radius 1 is 1.08 bits per heavy atom. The maximum absolute atomic E-state index is 11.9. The molecule has 0 aliphatic rings. The number of carbonyl (C=O) groups excluding carboxylic acids is 3. The highest BCUT2D eigenvalue weighted by molar-refractivity contribution is 7.80. The third-order valence-electron chi connectivity index (χ3n) is 3.72. The molecule has 0 bridgehead atoms. The molecule has 0 aliphatic heterocycles. The first-order chi connectivity index (χ1) is 11.8. The van der Waals surface area contributed by atoms with Gasteiger partial charge in [-0.1, -0.05) is 45.4 Å². The van der Waals surface area contributed by atoms with Crippen LogP contribution in [0.25, 0.3) is 0 Å². The summed E-state index contributed by atoms with van der Waals surface area (Å²) in [6.07, 6.45) is 5.38. The zero-order valence-electron chi connectivity index (χ0n) is 14.6. The molecule has 9 heteroatoms. The van der Waals surface area contributed by atoms with Gasteiger partial charge in [0.05, 0.1) is 13.0 Å². The summed E-state index contributed by atoms with van der Waals surface area (Å²) in [4.78, 5) is 43.9. The fraction of sp³-hybridized carbons (Fsp3) is 0.812. The van der Waals surface area contributed by atoms with Crippen molar-refractivity contribution in [1.82, 2.24) is 0 Å². The van der Waals surface area contributed by atoms with Crippen molar-refractivity contribution < 1.29 is 34.4 Å². The van der Waals surface area contributed by atoms with Gasteiger partial charge in [0.25, 0.3) is 0 Å². The van der Waals surface area contributed by atoms with E-state index >= 15 is 0 Å². The van der Waals surface area contributed by atoms with E-state index in [1.807, 2.05) is 0 Å². The topological polar surface area (TPSA) is 136 Å². The molecule has 2 atom stereocenters. The minimum atomic E-state index is -2.31. The van der Waals surface area contributed by atoms with Crippen molar-refractivity contribution in [1.29, 1.82) is 0 Å². The number of hydrogen-bond acceptors (Lipinski definition) is 9. The highest BCUT2D eigenvalue weighted by Gasteiger charge is 2.46. The van der Waals surface area contributed by atoms with E-state index in [0.717, 1.165) is 19.3 Å². The first-order valence-corrected chi connectivity index (χ1v) is 9.11. The Balaban J connectivity index is 4.17. The van der Waals surface area contributed by atoms with E-state index in [1.165, 1.54) is 19.3 Å². The summed E-state index contributed by atoms with van der Waals surface area (Å²) in [5, 5.41) is 18.1. The number of aliphatic hydroxyl groups excluding tert-OH is 2. The molecule has 2 unspecified atom stereocenters. The Kier molecular flexibility index (Phi) is 12.5. The Bertz CT molecular complexity index is 433. The van der Waals surface area contributed by atoms with Crippen LogP contribution in [0, 0.1) is 0 Å². The minimum absolute atomic E-state index is 0.0761. The summed E-state index contributed by atoms with van der Waals surface area (Å²) < 4.78 is 0. The highest BCUT2D eigenvalue weighted by atomic mass is 32.1. The smallest absolute Gasteiger partial charge is 0.383 e. The molecule has 4 N–H and O–H groups in total. The lowest BCUT2D eigenvalue weighted by atomic mass is 9.94. The summed E-state index contributed by atoms with van der Waals surface area (Å²) >= 11 is 3.78. The zero-order chi connectivity index (χ0) is 19.3. The Hall–Kier alpha value is -1.16. The number of thiol groups is 1. The standard InChI is InChI=1S/C16H29NO7S/c1-2-3-4-5-6-7-8-9-13(20)23-24-15(22)16(17,11-25)14(21)12(19)10-18/h12,18-19,25H,2-11,17H2,1H3. The van der Waals surface area contributed by atoms with Crippen LogP contribution in [0.15, 0.2) is 0 Å². The van der Waals surface area contributed by atoms with Crippen LogP contribution in [-0.4, -0.2) is 51.9 Å². The zero-order valence-corrected chi connectivity index (χ0v) is 15.5. The SMILES string of the molecule is CCCCCCCCCC(=O)OOC(=O)C(N)(CS)C(=O)C(O)CO. The molecule has 0 spiro atoms. The Morgan fingerprint density at radius 2 is 1.64 bits per heavy atom. The minimum Gasteiger partial charge on any atom is -0.393 e. The number of aliphatic hydroxyl groups is 2. The maximum atomic E-state index is 11.9. The van der Waals surface area contributed by atoms with E-state index in [1.54, 1.807) is 0 Å². The molecule has 0 aromatic carbocycles. The van der Waals surface area contributed by atoms with Gasteiger partial charge in [0, 0.05) is 5.75 Å². The summed E-state index contributed by atoms with van der Waals surface area (Å²) in [5.41, 5.74) is 3.25. The van der Waals surface area contributed by atoms with Gasteiger partial charge in [-0.15, -0.1) is 0 Å². The largest absolute Gasteiger partial charge is 0.393 e. The second-order valence-electron chi connectivity index (χ2n) is 5.89. The first-order valence-electron chi connectivity index (χ1n) is 8.48. The van der Waals surface area contributed by atoms with E-state index in [9.17, 15) is 19.5 Å². The number of nitrogens with two attached hydrogens (primary N) is 1. The lowest BCUT2D eigenvalue weighted by Gasteiger charge is -2.24. The van der Waals surface area contributed by atoms with Gasteiger partial charge < -0.3 is 15.9 Å². The van der Waals surface area contributed by atoms with E-state index in [0.29, 0.717) is 6.42 Å².